The van der Waals surface area contributed by atoms with Crippen molar-refractivity contribution in [3.63, 3.8) is 0 Å². The van der Waals surface area contributed by atoms with Gasteiger partial charge < -0.3 is 0 Å². The van der Waals surface area contributed by atoms with Gasteiger partial charge in [-0.05, 0) is 117 Å². The van der Waals surface area contributed by atoms with Crippen LogP contribution in [0, 0.1) is 107 Å². The van der Waals surface area contributed by atoms with E-state index in [9.17, 15) is 0 Å². The van der Waals surface area contributed by atoms with Gasteiger partial charge in [-0.1, -0.05) is 31.1 Å². The minimum Gasteiger partial charge on any atom is -0.0925 e. The fourth-order valence-electron chi connectivity index (χ4n) is 0.562. The Kier molecular flexibility index (Phi) is 28.8. The smallest absolute Gasteiger partial charge is 0.0000000000000000214 e. The van der Waals surface area contributed by atoms with Gasteiger partial charge in [-0.2, -0.15) is 0 Å². The first-order valence-electron chi connectivity index (χ1n) is 5.45. The molecule has 0 N–H and O–H groups in total. The first kappa shape index (κ1) is 24.6. The van der Waals surface area contributed by atoms with Crippen LogP contribution >= 0.6 is 8.02 Å². The molecular weight excluding hydrogens is 315 g/mol. The van der Waals surface area contributed by atoms with Gasteiger partial charge in [0, 0.05) is 0 Å². The highest BCUT2D eigenvalue weighted by Gasteiger charge is 1.57. The van der Waals surface area contributed by atoms with Gasteiger partial charge in [0.2, 0.25) is 0 Å². The van der Waals surface area contributed by atoms with Crippen molar-refractivity contribution in [3.8, 4) is 107 Å². The van der Waals surface area contributed by atoms with Gasteiger partial charge in [-0.15, -0.1) is 0 Å². The molecule has 0 nitrogen and oxygen atoms in total. The summed E-state index contributed by atoms with van der Waals surface area (Å²) in [7, 11) is 2.56. The molecule has 2 heteroatoms. The zero-order chi connectivity index (χ0) is 16.7. The minimum atomic E-state index is 0. The number of hydrogen-bond donors (Lipinski definition) is 0. The highest BCUT2D eigenvalue weighted by molar-refractivity contribution is 7.88. The van der Waals surface area contributed by atoms with Crippen LogP contribution in [0.4, 0.5) is 0 Å². The van der Waals surface area contributed by atoms with Crippen molar-refractivity contribution in [3.05, 3.63) is 0 Å². The third-order valence-electron chi connectivity index (χ3n) is 1.19. The molecule has 0 spiro atoms. The Bertz CT molecular complexity index is 848. The molecule has 0 saturated heterocycles. The van der Waals surface area contributed by atoms with Crippen molar-refractivity contribution < 1.29 is 0 Å². The Morgan fingerprint density at radius 3 is 0.652 bits per heavy atom. The average Bonchev–Trinajstić information content (AvgIpc) is 2.56. The van der Waals surface area contributed by atoms with E-state index in [1.807, 2.05) is 0 Å². The molecule has 0 atom stereocenters. The van der Waals surface area contributed by atoms with Crippen LogP contribution in [0.15, 0.2) is 0 Å². The molecule has 23 heavy (non-hydrogen) atoms. The van der Waals surface area contributed by atoms with Gasteiger partial charge in [0.15, 0.2) is 0 Å². The Morgan fingerprint density at radius 1 is 0.391 bits per heavy atom. The summed E-state index contributed by atoms with van der Waals surface area (Å²) >= 11 is 3.89. The predicted molar refractivity (Wildman–Crippen MR) is 104 cm³/mol. The molecule has 0 unspecified atom stereocenters. The zero-order valence-corrected chi connectivity index (χ0v) is 13.7. The summed E-state index contributed by atoms with van der Waals surface area (Å²) < 4.78 is 0. The largest absolute Gasteiger partial charge is 0.0925 e. The Hall–Kier alpha value is -3.44. The molecule has 0 fully saturated rings. The average molecular weight is 326 g/mol. The summed E-state index contributed by atoms with van der Waals surface area (Å²) in [5.41, 5.74) is 0. The number of rotatable bonds is 0. The summed E-state index contributed by atoms with van der Waals surface area (Å²) in [5, 5.41) is 0. The van der Waals surface area contributed by atoms with Gasteiger partial charge in [-0.3, -0.25) is 0 Å². The topological polar surface area (TPSA) is 0 Å². The SMILES string of the molecule is C.CC#CC#CC#CC#CC#CC#CC#CC#CC#CC.P=S. The van der Waals surface area contributed by atoms with Crippen molar-refractivity contribution in [1.82, 2.24) is 0 Å². The van der Waals surface area contributed by atoms with E-state index in [1.54, 1.807) is 13.8 Å². The second-order valence-corrected chi connectivity index (χ2v) is 2.50. The van der Waals surface area contributed by atoms with E-state index in [-0.39, 0.29) is 7.43 Å². The van der Waals surface area contributed by atoms with Crippen LogP contribution in [0.1, 0.15) is 21.3 Å². The summed E-state index contributed by atoms with van der Waals surface area (Å²) in [4.78, 5) is 0. The lowest BCUT2D eigenvalue weighted by Crippen LogP contribution is -1.56. The van der Waals surface area contributed by atoms with Crippen molar-refractivity contribution in [2.24, 2.45) is 0 Å². The fourth-order valence-corrected chi connectivity index (χ4v) is 0.562. The maximum atomic E-state index is 3.89. The lowest BCUT2D eigenvalue weighted by atomic mass is 10.5. The lowest BCUT2D eigenvalue weighted by molar-refractivity contribution is 1.92. The first-order chi connectivity index (χ1) is 10.9. The molecule has 0 bridgehead atoms. The van der Waals surface area contributed by atoms with E-state index >= 15 is 0 Å². The second-order valence-electron chi connectivity index (χ2n) is 2.50. The number of hydrogen-bond acceptors (Lipinski definition) is 1. The van der Waals surface area contributed by atoms with Crippen LogP contribution in [0.3, 0.4) is 0 Å². The van der Waals surface area contributed by atoms with Crippen molar-refractivity contribution in [2.75, 3.05) is 0 Å². The van der Waals surface area contributed by atoms with Crippen LogP contribution in [0.5, 0.6) is 0 Å². The molecule has 0 radical (unpaired) electrons. The van der Waals surface area contributed by atoms with E-state index in [1.165, 1.54) is 0 Å². The summed E-state index contributed by atoms with van der Waals surface area (Å²) in [6.07, 6.45) is 0. The van der Waals surface area contributed by atoms with Gasteiger partial charge in [0.1, 0.15) is 0 Å². The van der Waals surface area contributed by atoms with E-state index < -0.39 is 0 Å². The molecule has 0 aromatic heterocycles. The molecule has 0 saturated carbocycles. The molecular formula is C21H11PS. The summed E-state index contributed by atoms with van der Waals surface area (Å²) in [5.74, 6) is 45.6. The molecule has 0 aliphatic rings. The third-order valence-corrected chi connectivity index (χ3v) is 1.19. The minimum absolute atomic E-state index is 0. The fraction of sp³-hybridized carbons (Fsp3) is 0.143. The highest BCUT2D eigenvalue weighted by atomic mass is 32.4. The van der Waals surface area contributed by atoms with Crippen LogP contribution in [-0.4, -0.2) is 0 Å². The Morgan fingerprint density at radius 2 is 0.522 bits per heavy atom. The molecule has 0 aromatic carbocycles. The molecule has 0 aliphatic carbocycles. The van der Waals surface area contributed by atoms with Crippen molar-refractivity contribution in [2.45, 2.75) is 21.3 Å². The van der Waals surface area contributed by atoms with Crippen LogP contribution in [0.25, 0.3) is 0 Å². The Balaban J connectivity index is -0.00000128. The standard InChI is InChI=1S/C20H6.CH4.HPS/c1-3-5-7-9-11-13-15-17-19-20-18-16-14-12-10-8-6-4-2;;1-2/h1-2H3;1H4;1H. The van der Waals surface area contributed by atoms with Crippen LogP contribution in [0.2, 0.25) is 0 Å². The van der Waals surface area contributed by atoms with E-state index in [4.69, 9.17) is 0 Å². The highest BCUT2D eigenvalue weighted by Crippen LogP contribution is 1.58. The first-order valence-corrected chi connectivity index (χ1v) is 7.09. The van der Waals surface area contributed by atoms with Gasteiger partial charge in [0.05, 0.1) is 0 Å². The van der Waals surface area contributed by atoms with E-state index in [0.29, 0.717) is 0 Å². The maximum Gasteiger partial charge on any atom is -0.0000000000000000214 e. The lowest BCUT2D eigenvalue weighted by Gasteiger charge is -1.56. The van der Waals surface area contributed by atoms with Crippen molar-refractivity contribution in [1.29, 1.82) is 0 Å². The monoisotopic (exact) mass is 326 g/mol. The molecule has 0 heterocycles. The normalized spacial score (nSPS) is 3.57. The summed E-state index contributed by atoms with van der Waals surface area (Å²) in [6.45, 7) is 3.41. The van der Waals surface area contributed by atoms with E-state index in [0.717, 1.165) is 0 Å². The zero-order valence-electron chi connectivity index (χ0n) is 11.9. The second kappa shape index (κ2) is 27.0. The Labute approximate surface area is 147 Å². The quantitative estimate of drug-likeness (QED) is 0.486. The molecule has 0 rings (SSSR count). The third kappa shape index (κ3) is 27.7. The maximum absolute atomic E-state index is 3.89. The summed E-state index contributed by atoms with van der Waals surface area (Å²) in [6, 6.07) is 0. The van der Waals surface area contributed by atoms with Crippen LogP contribution in [-0.2, 0) is 11.8 Å². The van der Waals surface area contributed by atoms with Gasteiger partial charge >= 0.3 is 0 Å². The predicted octanol–water partition coefficient (Wildman–Crippen LogP) is 2.28. The van der Waals surface area contributed by atoms with Gasteiger partial charge in [-0.25, -0.2) is 0 Å². The molecule has 0 aromatic rings. The molecule has 0 aliphatic heterocycles. The van der Waals surface area contributed by atoms with E-state index in [2.05, 4.69) is 126 Å². The van der Waals surface area contributed by atoms with Crippen molar-refractivity contribution >= 4 is 19.8 Å². The molecule has 106 valence electrons. The molecule has 0 amide bonds. The van der Waals surface area contributed by atoms with Gasteiger partial charge in [0.25, 0.3) is 0 Å². The van der Waals surface area contributed by atoms with Crippen LogP contribution < -0.4 is 0 Å².